The molecule has 0 atom stereocenters. The van der Waals surface area contributed by atoms with Gasteiger partial charge in [0.1, 0.15) is 5.75 Å². The predicted molar refractivity (Wildman–Crippen MR) is 83.0 cm³/mol. The van der Waals surface area contributed by atoms with E-state index in [1.54, 1.807) is 6.20 Å². The number of anilines is 2. The lowest BCUT2D eigenvalue weighted by atomic mass is 10.2. The zero-order valence-corrected chi connectivity index (χ0v) is 12.2. The fraction of sp³-hybridized carbons (Fsp3) is 0.312. The van der Waals surface area contributed by atoms with Gasteiger partial charge in [0, 0.05) is 36.8 Å². The number of nitrogen functional groups attached to an aromatic ring is 1. The predicted octanol–water partition coefficient (Wildman–Crippen LogP) is 3.09. The molecule has 0 aliphatic rings. The summed E-state index contributed by atoms with van der Waals surface area (Å²) < 4.78 is 5.71. The van der Waals surface area contributed by atoms with E-state index < -0.39 is 0 Å². The molecule has 0 saturated heterocycles. The third-order valence-corrected chi connectivity index (χ3v) is 2.85. The fourth-order valence-electron chi connectivity index (χ4n) is 1.99. The van der Waals surface area contributed by atoms with Crippen LogP contribution in [0.3, 0.4) is 0 Å². The minimum Gasteiger partial charge on any atom is -0.491 e. The summed E-state index contributed by atoms with van der Waals surface area (Å²) in [6.07, 6.45) is 1.93. The van der Waals surface area contributed by atoms with Crippen LogP contribution in [-0.2, 0) is 6.54 Å². The third-order valence-electron chi connectivity index (χ3n) is 2.85. The van der Waals surface area contributed by atoms with Gasteiger partial charge in [-0.15, -0.1) is 0 Å². The molecule has 0 bridgehead atoms. The summed E-state index contributed by atoms with van der Waals surface area (Å²) in [4.78, 5) is 6.44. The van der Waals surface area contributed by atoms with Crippen LogP contribution >= 0.6 is 0 Å². The van der Waals surface area contributed by atoms with Gasteiger partial charge in [0.15, 0.2) is 0 Å². The monoisotopic (exact) mass is 271 g/mol. The highest BCUT2D eigenvalue weighted by Crippen LogP contribution is 2.26. The van der Waals surface area contributed by atoms with E-state index in [0.29, 0.717) is 5.69 Å². The summed E-state index contributed by atoms with van der Waals surface area (Å²) in [6, 6.07) is 11.7. The van der Waals surface area contributed by atoms with E-state index in [4.69, 9.17) is 10.5 Å². The van der Waals surface area contributed by atoms with Crippen molar-refractivity contribution < 1.29 is 4.74 Å². The highest BCUT2D eigenvalue weighted by molar-refractivity contribution is 5.60. The lowest BCUT2D eigenvalue weighted by Gasteiger charge is -2.21. The van der Waals surface area contributed by atoms with Gasteiger partial charge in [-0.25, -0.2) is 0 Å². The lowest BCUT2D eigenvalue weighted by molar-refractivity contribution is 0.242. The van der Waals surface area contributed by atoms with Gasteiger partial charge in [-0.05, 0) is 32.0 Å². The number of rotatable bonds is 5. The Morgan fingerprint density at radius 3 is 2.70 bits per heavy atom. The first-order valence-electron chi connectivity index (χ1n) is 6.73. The summed E-state index contributed by atoms with van der Waals surface area (Å²) in [7, 11) is 2.02. The van der Waals surface area contributed by atoms with E-state index in [1.165, 1.54) is 0 Å². The molecule has 20 heavy (non-hydrogen) atoms. The Bertz CT molecular complexity index is 555. The van der Waals surface area contributed by atoms with Crippen LogP contribution in [-0.4, -0.2) is 18.1 Å². The van der Waals surface area contributed by atoms with Crippen LogP contribution in [0.5, 0.6) is 5.75 Å². The maximum Gasteiger partial charge on any atom is 0.123 e. The third kappa shape index (κ3) is 3.88. The second-order valence-electron chi connectivity index (χ2n) is 5.10. The smallest absolute Gasteiger partial charge is 0.123 e. The van der Waals surface area contributed by atoms with E-state index in [-0.39, 0.29) is 6.10 Å². The molecule has 4 nitrogen and oxygen atoms in total. The molecule has 2 aromatic rings. The van der Waals surface area contributed by atoms with Crippen LogP contribution < -0.4 is 15.4 Å². The number of pyridine rings is 1. The topological polar surface area (TPSA) is 51.4 Å². The Labute approximate surface area is 120 Å². The molecular weight excluding hydrogens is 250 g/mol. The summed E-state index contributed by atoms with van der Waals surface area (Å²) >= 11 is 0. The summed E-state index contributed by atoms with van der Waals surface area (Å²) in [5.74, 6) is 0.794. The van der Waals surface area contributed by atoms with Crippen LogP contribution in [0.2, 0.25) is 0 Å². The molecule has 0 fully saturated rings. The molecule has 0 unspecified atom stereocenters. The van der Waals surface area contributed by atoms with Crippen LogP contribution in [0.25, 0.3) is 0 Å². The summed E-state index contributed by atoms with van der Waals surface area (Å²) in [6.45, 7) is 4.73. The summed E-state index contributed by atoms with van der Waals surface area (Å²) in [5.41, 5.74) is 8.68. The second kappa shape index (κ2) is 6.28. The van der Waals surface area contributed by atoms with Gasteiger partial charge < -0.3 is 15.4 Å². The molecule has 0 amide bonds. The highest BCUT2D eigenvalue weighted by Gasteiger charge is 2.07. The minimum atomic E-state index is 0.130. The van der Waals surface area contributed by atoms with E-state index in [2.05, 4.69) is 9.88 Å². The van der Waals surface area contributed by atoms with Gasteiger partial charge in [0.2, 0.25) is 0 Å². The molecule has 4 heteroatoms. The number of hydrogen-bond donors (Lipinski definition) is 1. The molecular formula is C16H21N3O. The maximum absolute atomic E-state index is 5.94. The van der Waals surface area contributed by atoms with Crippen molar-refractivity contribution in [3.05, 3.63) is 48.3 Å². The first kappa shape index (κ1) is 14.2. The number of hydrogen-bond acceptors (Lipinski definition) is 4. The van der Waals surface area contributed by atoms with Crippen molar-refractivity contribution in [1.82, 2.24) is 4.98 Å². The zero-order chi connectivity index (χ0) is 14.5. The van der Waals surface area contributed by atoms with Gasteiger partial charge in [0.05, 0.1) is 18.3 Å². The molecule has 0 radical (unpaired) electrons. The average Bonchev–Trinajstić information content (AvgIpc) is 2.38. The number of aromatic nitrogens is 1. The van der Waals surface area contributed by atoms with Crippen LogP contribution in [0.4, 0.5) is 11.4 Å². The standard InChI is InChI=1S/C16H21N3O/c1-12(2)20-16-9-13(17)8-15(10-16)19(3)11-14-6-4-5-7-18-14/h4-10,12H,11,17H2,1-3H3. The molecule has 2 rings (SSSR count). The molecule has 1 aromatic carbocycles. The molecule has 1 aromatic heterocycles. The van der Waals surface area contributed by atoms with Crippen molar-refractivity contribution in [1.29, 1.82) is 0 Å². The lowest BCUT2D eigenvalue weighted by Crippen LogP contribution is -2.17. The molecule has 0 spiro atoms. The number of benzene rings is 1. The number of ether oxygens (including phenoxy) is 1. The molecule has 0 aliphatic carbocycles. The van der Waals surface area contributed by atoms with Gasteiger partial charge >= 0.3 is 0 Å². The van der Waals surface area contributed by atoms with Crippen LogP contribution in [0.1, 0.15) is 19.5 Å². The van der Waals surface area contributed by atoms with E-state index in [0.717, 1.165) is 23.7 Å². The van der Waals surface area contributed by atoms with Gasteiger partial charge in [0.25, 0.3) is 0 Å². The Kier molecular flexibility index (Phi) is 4.45. The van der Waals surface area contributed by atoms with Crippen molar-refractivity contribution in [2.45, 2.75) is 26.5 Å². The normalized spacial score (nSPS) is 10.6. The molecule has 1 heterocycles. The van der Waals surface area contributed by atoms with Gasteiger partial charge in [-0.2, -0.15) is 0 Å². The Morgan fingerprint density at radius 1 is 1.25 bits per heavy atom. The first-order valence-corrected chi connectivity index (χ1v) is 6.73. The Morgan fingerprint density at radius 2 is 2.05 bits per heavy atom. The van der Waals surface area contributed by atoms with E-state index in [9.17, 15) is 0 Å². The average molecular weight is 271 g/mol. The SMILES string of the molecule is CC(C)Oc1cc(N)cc(N(C)Cc2ccccn2)c1. The number of nitrogens with zero attached hydrogens (tertiary/aromatic N) is 2. The molecule has 0 saturated carbocycles. The van der Waals surface area contributed by atoms with Gasteiger partial charge in [-0.3, -0.25) is 4.98 Å². The largest absolute Gasteiger partial charge is 0.491 e. The Hall–Kier alpha value is -2.23. The van der Waals surface area contributed by atoms with Crippen molar-refractivity contribution in [3.8, 4) is 5.75 Å². The molecule has 106 valence electrons. The Balaban J connectivity index is 2.16. The van der Waals surface area contributed by atoms with E-state index >= 15 is 0 Å². The highest BCUT2D eigenvalue weighted by atomic mass is 16.5. The minimum absolute atomic E-state index is 0.130. The maximum atomic E-state index is 5.94. The quantitative estimate of drug-likeness (QED) is 0.849. The summed E-state index contributed by atoms with van der Waals surface area (Å²) in [5, 5.41) is 0. The van der Waals surface area contributed by atoms with Crippen LogP contribution in [0, 0.1) is 0 Å². The molecule has 2 N–H and O–H groups in total. The van der Waals surface area contributed by atoms with Gasteiger partial charge in [-0.1, -0.05) is 6.07 Å². The fourth-order valence-corrected chi connectivity index (χ4v) is 1.99. The van der Waals surface area contributed by atoms with Crippen molar-refractivity contribution in [2.24, 2.45) is 0 Å². The number of nitrogens with two attached hydrogens (primary N) is 1. The van der Waals surface area contributed by atoms with E-state index in [1.807, 2.05) is 57.3 Å². The molecule has 0 aliphatic heterocycles. The zero-order valence-electron chi connectivity index (χ0n) is 12.2. The van der Waals surface area contributed by atoms with Crippen molar-refractivity contribution in [2.75, 3.05) is 17.7 Å². The second-order valence-corrected chi connectivity index (χ2v) is 5.10. The van der Waals surface area contributed by atoms with Crippen LogP contribution in [0.15, 0.2) is 42.6 Å². The van der Waals surface area contributed by atoms with Crippen molar-refractivity contribution in [3.63, 3.8) is 0 Å². The van der Waals surface area contributed by atoms with Crippen molar-refractivity contribution >= 4 is 11.4 Å². The first-order chi connectivity index (χ1) is 9.54.